The molecule has 0 amide bonds. The molecule has 7 heteroatoms. The van der Waals surface area contributed by atoms with Crippen LogP contribution >= 0.6 is 0 Å². The topological polar surface area (TPSA) is 86.7 Å². The molecule has 1 fully saturated rings. The summed E-state index contributed by atoms with van der Waals surface area (Å²) in [5, 5.41) is 9.24. The Morgan fingerprint density at radius 1 is 1.44 bits per heavy atom. The molecule has 0 radical (unpaired) electrons. The summed E-state index contributed by atoms with van der Waals surface area (Å²) >= 11 is 0. The zero-order chi connectivity index (χ0) is 14.0. The summed E-state index contributed by atoms with van der Waals surface area (Å²) in [5.41, 5.74) is -1.000. The number of hydrogen-bond acceptors (Lipinski definition) is 3. The maximum absolute atomic E-state index is 12.1. The van der Waals surface area contributed by atoms with Crippen LogP contribution < -0.4 is 4.72 Å². The number of aliphatic carboxylic acids is 1. The minimum absolute atomic E-state index is 0.377. The smallest absolute Gasteiger partial charge is 0.310 e. The Hall–Kier alpha value is -0.660. The Balaban J connectivity index is 2.87. The number of nitrogens with zero attached hydrogens (tertiary/aromatic N) is 1. The minimum atomic E-state index is -3.59. The summed E-state index contributed by atoms with van der Waals surface area (Å²) in [6, 6.07) is -0.527. The van der Waals surface area contributed by atoms with Crippen LogP contribution in [-0.2, 0) is 15.0 Å². The molecule has 0 aromatic carbocycles. The number of rotatable bonds is 6. The molecule has 0 heterocycles. The summed E-state index contributed by atoms with van der Waals surface area (Å²) in [4.78, 5) is 11.3. The molecule has 106 valence electrons. The van der Waals surface area contributed by atoms with E-state index in [0.717, 1.165) is 6.42 Å². The normalized spacial score (nSPS) is 28.8. The van der Waals surface area contributed by atoms with Crippen molar-refractivity contribution < 1.29 is 18.3 Å². The zero-order valence-corrected chi connectivity index (χ0v) is 12.0. The van der Waals surface area contributed by atoms with Gasteiger partial charge in [-0.15, -0.1) is 0 Å². The molecule has 0 aromatic rings. The molecule has 1 rings (SSSR count). The van der Waals surface area contributed by atoms with E-state index in [2.05, 4.69) is 4.72 Å². The number of carbonyl (C=O) groups is 1. The van der Waals surface area contributed by atoms with Gasteiger partial charge in [-0.2, -0.15) is 17.4 Å². The van der Waals surface area contributed by atoms with Gasteiger partial charge in [0, 0.05) is 19.1 Å². The first-order chi connectivity index (χ1) is 8.28. The van der Waals surface area contributed by atoms with E-state index in [1.807, 2.05) is 0 Å². The summed E-state index contributed by atoms with van der Waals surface area (Å²) < 4.78 is 28.0. The Kier molecular flexibility index (Phi) is 4.74. The van der Waals surface area contributed by atoms with Crippen LogP contribution in [0.3, 0.4) is 0 Å². The van der Waals surface area contributed by atoms with E-state index in [4.69, 9.17) is 0 Å². The van der Waals surface area contributed by atoms with Gasteiger partial charge in [0.2, 0.25) is 0 Å². The third kappa shape index (κ3) is 2.84. The van der Waals surface area contributed by atoms with Crippen molar-refractivity contribution in [2.24, 2.45) is 5.41 Å². The molecule has 2 N–H and O–H groups in total. The van der Waals surface area contributed by atoms with Crippen LogP contribution in [-0.4, -0.2) is 42.9 Å². The van der Waals surface area contributed by atoms with Crippen molar-refractivity contribution >= 4 is 16.2 Å². The lowest BCUT2D eigenvalue weighted by Crippen LogP contribution is -2.51. The second-order valence-electron chi connectivity index (χ2n) is 4.87. The fourth-order valence-electron chi connectivity index (χ4n) is 2.43. The third-order valence-corrected chi connectivity index (χ3v) is 5.56. The molecule has 0 spiro atoms. The highest BCUT2D eigenvalue weighted by Gasteiger charge is 2.47. The SMILES string of the molecule is CCN(CC)S(=O)(=O)NC1CCCC1(C)C(=O)O. The lowest BCUT2D eigenvalue weighted by atomic mass is 9.85. The number of nitrogens with one attached hydrogen (secondary N) is 1. The fourth-order valence-corrected chi connectivity index (χ4v) is 4.00. The van der Waals surface area contributed by atoms with Gasteiger partial charge in [-0.1, -0.05) is 20.3 Å². The van der Waals surface area contributed by atoms with Crippen molar-refractivity contribution in [3.63, 3.8) is 0 Å². The second kappa shape index (κ2) is 5.54. The van der Waals surface area contributed by atoms with E-state index in [0.29, 0.717) is 25.9 Å². The van der Waals surface area contributed by atoms with Crippen molar-refractivity contribution in [1.29, 1.82) is 0 Å². The molecule has 1 aliphatic carbocycles. The average Bonchev–Trinajstić information content (AvgIpc) is 2.62. The highest BCUT2D eigenvalue weighted by molar-refractivity contribution is 7.87. The monoisotopic (exact) mass is 278 g/mol. The van der Waals surface area contributed by atoms with Crippen molar-refractivity contribution in [1.82, 2.24) is 9.03 Å². The van der Waals surface area contributed by atoms with Crippen LogP contribution in [0.25, 0.3) is 0 Å². The molecule has 1 saturated carbocycles. The standard InChI is InChI=1S/C11H22N2O4S/c1-4-13(5-2)18(16,17)12-9-7-6-8-11(9,3)10(14)15/h9,12H,4-8H2,1-3H3,(H,14,15). The van der Waals surface area contributed by atoms with E-state index >= 15 is 0 Å². The molecule has 0 aromatic heterocycles. The maximum Gasteiger partial charge on any atom is 0.310 e. The summed E-state index contributed by atoms with van der Waals surface area (Å²) in [6.45, 7) is 5.88. The Morgan fingerprint density at radius 3 is 2.44 bits per heavy atom. The minimum Gasteiger partial charge on any atom is -0.481 e. The van der Waals surface area contributed by atoms with Crippen LogP contribution in [0.4, 0.5) is 0 Å². The highest BCUT2D eigenvalue weighted by Crippen LogP contribution is 2.38. The quantitative estimate of drug-likeness (QED) is 0.752. The second-order valence-corrected chi connectivity index (χ2v) is 6.58. The van der Waals surface area contributed by atoms with E-state index in [-0.39, 0.29) is 0 Å². The van der Waals surface area contributed by atoms with Gasteiger partial charge in [-0.25, -0.2) is 0 Å². The number of hydrogen-bond donors (Lipinski definition) is 2. The van der Waals surface area contributed by atoms with Gasteiger partial charge in [0.15, 0.2) is 0 Å². The maximum atomic E-state index is 12.1. The van der Waals surface area contributed by atoms with Crippen molar-refractivity contribution in [2.75, 3.05) is 13.1 Å². The van der Waals surface area contributed by atoms with Gasteiger partial charge in [0.1, 0.15) is 0 Å². The Morgan fingerprint density at radius 2 is 2.00 bits per heavy atom. The van der Waals surface area contributed by atoms with Gasteiger partial charge in [-0.3, -0.25) is 4.79 Å². The van der Waals surface area contributed by atoms with Crippen LogP contribution in [0.5, 0.6) is 0 Å². The average molecular weight is 278 g/mol. The summed E-state index contributed by atoms with van der Waals surface area (Å²) in [6.07, 6.45) is 1.81. The molecule has 0 saturated heterocycles. The van der Waals surface area contributed by atoms with Crippen molar-refractivity contribution in [3.8, 4) is 0 Å². The summed E-state index contributed by atoms with van der Waals surface area (Å²) in [7, 11) is -3.59. The molecule has 0 bridgehead atoms. The predicted molar refractivity (Wildman–Crippen MR) is 68.4 cm³/mol. The van der Waals surface area contributed by atoms with Crippen molar-refractivity contribution in [3.05, 3.63) is 0 Å². The van der Waals surface area contributed by atoms with Gasteiger partial charge in [0.05, 0.1) is 5.41 Å². The first kappa shape index (κ1) is 15.4. The summed E-state index contributed by atoms with van der Waals surface area (Å²) in [5.74, 6) is -0.938. The van der Waals surface area contributed by atoms with Gasteiger partial charge < -0.3 is 5.11 Å². The Labute approximate surface area is 109 Å². The first-order valence-electron chi connectivity index (χ1n) is 6.28. The molecular formula is C11H22N2O4S. The van der Waals surface area contributed by atoms with Crippen molar-refractivity contribution in [2.45, 2.75) is 46.1 Å². The Bertz CT molecular complexity index is 405. The number of carboxylic acids is 1. The molecule has 0 aliphatic heterocycles. The van der Waals surface area contributed by atoms with E-state index < -0.39 is 27.6 Å². The van der Waals surface area contributed by atoms with Gasteiger partial charge >= 0.3 is 5.97 Å². The predicted octanol–water partition coefficient (Wildman–Crippen LogP) is 0.806. The third-order valence-electron chi connectivity index (χ3n) is 3.78. The molecule has 2 unspecified atom stereocenters. The van der Waals surface area contributed by atoms with Crippen LogP contribution in [0.1, 0.15) is 40.0 Å². The molecule has 18 heavy (non-hydrogen) atoms. The lowest BCUT2D eigenvalue weighted by Gasteiger charge is -2.29. The fraction of sp³-hybridized carbons (Fsp3) is 0.909. The highest BCUT2D eigenvalue weighted by atomic mass is 32.2. The molecular weight excluding hydrogens is 256 g/mol. The van der Waals surface area contributed by atoms with Crippen LogP contribution in [0, 0.1) is 5.41 Å². The van der Waals surface area contributed by atoms with Gasteiger partial charge in [-0.05, 0) is 19.8 Å². The number of carboxylic acid groups (broad SMARTS) is 1. The molecule has 2 atom stereocenters. The van der Waals surface area contributed by atoms with E-state index in [1.165, 1.54) is 4.31 Å². The zero-order valence-electron chi connectivity index (χ0n) is 11.1. The molecule has 6 nitrogen and oxygen atoms in total. The molecule has 1 aliphatic rings. The van der Waals surface area contributed by atoms with E-state index in [9.17, 15) is 18.3 Å². The van der Waals surface area contributed by atoms with Crippen LogP contribution in [0.2, 0.25) is 0 Å². The van der Waals surface area contributed by atoms with Gasteiger partial charge in [0.25, 0.3) is 10.2 Å². The lowest BCUT2D eigenvalue weighted by molar-refractivity contribution is -0.148. The van der Waals surface area contributed by atoms with Crippen LogP contribution in [0.15, 0.2) is 0 Å². The van der Waals surface area contributed by atoms with E-state index in [1.54, 1.807) is 20.8 Å². The first-order valence-corrected chi connectivity index (χ1v) is 7.72. The largest absolute Gasteiger partial charge is 0.481 e.